The highest BCUT2D eigenvalue weighted by Gasteiger charge is 2.49. The number of aliphatic hydroxyl groups is 2. The quantitative estimate of drug-likeness (QED) is 0.292. The second kappa shape index (κ2) is 6.74. The molecule has 4 atom stereocenters. The number of ketones is 1. The zero-order valence-electron chi connectivity index (χ0n) is 14.5. The van der Waals surface area contributed by atoms with E-state index in [1.807, 2.05) is 0 Å². The van der Waals surface area contributed by atoms with Crippen LogP contribution in [0, 0.1) is 0 Å². The molecule has 0 radical (unpaired) electrons. The van der Waals surface area contributed by atoms with Gasteiger partial charge in [0.2, 0.25) is 11.6 Å². The molecule has 2 aliphatic rings. The number of rotatable bonds is 2. The average molecular weight is 356 g/mol. The van der Waals surface area contributed by atoms with E-state index < -0.39 is 46.9 Å². The Kier molecular flexibility index (Phi) is 5.22. The minimum Gasteiger partial charge on any atom is -0.506 e. The Balaban J connectivity index is 2.53. The number of carbonyl (C=O) groups excluding carboxylic acids is 3. The van der Waals surface area contributed by atoms with E-state index in [1.165, 1.54) is 21.0 Å². The fraction of sp³-hybridized carbons (Fsp3) is 0.688. The van der Waals surface area contributed by atoms with Crippen LogP contribution >= 0.6 is 0 Å². The second-order valence-corrected chi connectivity index (χ2v) is 6.77. The van der Waals surface area contributed by atoms with Crippen LogP contribution in [0.2, 0.25) is 0 Å². The molecule has 1 aliphatic carbocycles. The highest BCUT2D eigenvalue weighted by Crippen LogP contribution is 2.36. The summed E-state index contributed by atoms with van der Waals surface area (Å²) in [5, 5.41) is 23.7. The fourth-order valence-electron chi connectivity index (χ4n) is 3.07. The first-order chi connectivity index (χ1) is 11.5. The van der Waals surface area contributed by atoms with E-state index >= 15 is 0 Å². The van der Waals surface area contributed by atoms with Gasteiger partial charge in [0.15, 0.2) is 11.5 Å². The molecule has 0 aromatic heterocycles. The molecule has 1 heterocycles. The summed E-state index contributed by atoms with van der Waals surface area (Å²) >= 11 is 0. The predicted octanol–water partition coefficient (Wildman–Crippen LogP) is -0.576. The first kappa shape index (κ1) is 19.4. The summed E-state index contributed by atoms with van der Waals surface area (Å²) in [6.45, 7) is 2.59. The Bertz CT molecular complexity index is 628. The van der Waals surface area contributed by atoms with Gasteiger partial charge >= 0.3 is 5.97 Å². The van der Waals surface area contributed by atoms with Crippen LogP contribution in [0.5, 0.6) is 0 Å². The summed E-state index contributed by atoms with van der Waals surface area (Å²) in [6.07, 6.45) is -0.371. The number of hydrogen-bond acceptors (Lipinski definition) is 8. The summed E-state index contributed by atoms with van der Waals surface area (Å²) < 4.78 is 10.3. The maximum absolute atomic E-state index is 12.6. The zero-order chi connectivity index (χ0) is 19.0. The topological polar surface area (TPSA) is 148 Å². The van der Waals surface area contributed by atoms with Gasteiger partial charge in [-0.1, -0.05) is 0 Å². The third kappa shape index (κ3) is 3.68. The van der Waals surface area contributed by atoms with E-state index in [0.717, 1.165) is 0 Å². The van der Waals surface area contributed by atoms with Gasteiger partial charge in [-0.15, -0.1) is 0 Å². The lowest BCUT2D eigenvalue weighted by Gasteiger charge is -2.39. The number of hydrogen-bond donors (Lipinski definition) is 4. The minimum absolute atomic E-state index is 0.0422. The van der Waals surface area contributed by atoms with Crippen molar-refractivity contribution in [2.45, 2.75) is 63.0 Å². The molecule has 140 valence electrons. The fourth-order valence-corrected chi connectivity index (χ4v) is 3.07. The summed E-state index contributed by atoms with van der Waals surface area (Å²) in [4.78, 5) is 36.6. The Morgan fingerprint density at radius 3 is 2.56 bits per heavy atom. The highest BCUT2D eigenvalue weighted by molar-refractivity contribution is 6.02. The van der Waals surface area contributed by atoms with E-state index in [-0.39, 0.29) is 31.3 Å². The Morgan fingerprint density at radius 2 is 1.96 bits per heavy atom. The molecule has 1 unspecified atom stereocenters. The van der Waals surface area contributed by atoms with Crippen LogP contribution in [0.1, 0.15) is 39.5 Å². The number of methoxy groups -OCH3 is 1. The maximum Gasteiger partial charge on any atom is 0.325 e. The number of cyclic esters (lactones) is 1. The molecule has 1 aliphatic heterocycles. The number of carbonyl (C=O) groups is 3. The van der Waals surface area contributed by atoms with Crippen molar-refractivity contribution in [2.75, 3.05) is 7.11 Å². The van der Waals surface area contributed by atoms with Crippen molar-refractivity contribution in [3.05, 3.63) is 11.3 Å². The molecular formula is C16H24N2O7. The minimum atomic E-state index is -2.02. The van der Waals surface area contributed by atoms with Crippen molar-refractivity contribution < 1.29 is 34.1 Å². The van der Waals surface area contributed by atoms with Crippen LogP contribution in [-0.2, 0) is 23.9 Å². The van der Waals surface area contributed by atoms with E-state index in [2.05, 4.69) is 5.32 Å². The molecule has 9 nitrogen and oxygen atoms in total. The van der Waals surface area contributed by atoms with Gasteiger partial charge in [-0.25, -0.2) is 0 Å². The lowest BCUT2D eigenvalue weighted by molar-refractivity contribution is -0.167. The highest BCUT2D eigenvalue weighted by atomic mass is 16.6. The summed E-state index contributed by atoms with van der Waals surface area (Å²) in [6, 6.07) is -1.03. The van der Waals surface area contributed by atoms with Crippen LogP contribution in [-0.4, -0.2) is 58.5 Å². The summed E-state index contributed by atoms with van der Waals surface area (Å²) in [5.41, 5.74) is 1.61. The molecule has 25 heavy (non-hydrogen) atoms. The molecule has 1 saturated heterocycles. The van der Waals surface area contributed by atoms with Gasteiger partial charge in [-0.05, 0) is 26.2 Å². The van der Waals surface area contributed by atoms with Crippen molar-refractivity contribution in [2.24, 2.45) is 5.73 Å². The van der Waals surface area contributed by atoms with Gasteiger partial charge in [0.05, 0.1) is 11.2 Å². The molecule has 2 rings (SSSR count). The van der Waals surface area contributed by atoms with Gasteiger partial charge in [0.1, 0.15) is 12.1 Å². The van der Waals surface area contributed by atoms with Crippen molar-refractivity contribution in [3.8, 4) is 0 Å². The van der Waals surface area contributed by atoms with E-state index in [4.69, 9.17) is 15.2 Å². The smallest absolute Gasteiger partial charge is 0.325 e. The number of Topliss-reactive ketones (excluding diaryl/α,β-unsaturated/α-hetero) is 1. The summed E-state index contributed by atoms with van der Waals surface area (Å²) in [7, 11) is 1.34. The van der Waals surface area contributed by atoms with Crippen molar-refractivity contribution in [1.82, 2.24) is 5.32 Å². The second-order valence-electron chi connectivity index (χ2n) is 6.77. The molecule has 0 spiro atoms. The number of nitrogens with one attached hydrogen (secondary N) is 1. The number of nitrogens with two attached hydrogens (primary N) is 1. The predicted molar refractivity (Wildman–Crippen MR) is 85.2 cm³/mol. The lowest BCUT2D eigenvalue weighted by atomic mass is 9.77. The molecule has 1 amide bonds. The molecule has 1 saturated carbocycles. The van der Waals surface area contributed by atoms with Crippen LogP contribution in [0.4, 0.5) is 0 Å². The maximum atomic E-state index is 12.6. The first-order valence-corrected chi connectivity index (χ1v) is 8.05. The van der Waals surface area contributed by atoms with Crippen molar-refractivity contribution in [3.63, 3.8) is 0 Å². The third-order valence-corrected chi connectivity index (χ3v) is 4.61. The number of amides is 1. The van der Waals surface area contributed by atoms with E-state index in [9.17, 15) is 24.6 Å². The SMILES string of the molecule is CO[C@@H]1CC[C@](C)(O)/C(=C(\O)C2(C)NC(=O)CC[C@H](N)C(=O)O2)C1=O. The Morgan fingerprint density at radius 1 is 1.32 bits per heavy atom. The molecule has 0 aromatic rings. The summed E-state index contributed by atoms with van der Waals surface area (Å²) in [5.74, 6) is -2.71. The molecule has 0 bridgehead atoms. The van der Waals surface area contributed by atoms with Gasteiger partial charge in [-0.2, -0.15) is 0 Å². The van der Waals surface area contributed by atoms with Gasteiger partial charge < -0.3 is 30.7 Å². The van der Waals surface area contributed by atoms with Crippen LogP contribution < -0.4 is 11.1 Å². The standard InChI is InChI=1S/C16H24N2O7/c1-15(23)7-6-9(24-3)12(20)11(15)13(21)16(2)18-10(19)5-4-8(17)14(22)25-16/h8-9,21,23H,4-7,17H2,1-3H3,(H,18,19)/b13-11-/t8-,9+,15-,16?/m0/s1. The monoisotopic (exact) mass is 356 g/mol. The van der Waals surface area contributed by atoms with Gasteiger partial charge in [0.25, 0.3) is 0 Å². The van der Waals surface area contributed by atoms with Crippen LogP contribution in [0.3, 0.4) is 0 Å². The lowest BCUT2D eigenvalue weighted by Crippen LogP contribution is -2.57. The Hall–Kier alpha value is -1.97. The van der Waals surface area contributed by atoms with Gasteiger partial charge in [-0.3, -0.25) is 14.4 Å². The Labute approximate surface area is 145 Å². The molecule has 0 aromatic carbocycles. The van der Waals surface area contributed by atoms with Crippen LogP contribution in [0.15, 0.2) is 11.3 Å². The molecule has 9 heteroatoms. The number of aliphatic hydroxyl groups excluding tert-OH is 1. The van der Waals surface area contributed by atoms with Gasteiger partial charge in [0, 0.05) is 20.5 Å². The largest absolute Gasteiger partial charge is 0.506 e. The number of esters is 1. The van der Waals surface area contributed by atoms with E-state index in [0.29, 0.717) is 0 Å². The third-order valence-electron chi connectivity index (χ3n) is 4.61. The van der Waals surface area contributed by atoms with Crippen molar-refractivity contribution >= 4 is 17.7 Å². The molecule has 2 fully saturated rings. The van der Waals surface area contributed by atoms with Crippen molar-refractivity contribution in [1.29, 1.82) is 0 Å². The number of ether oxygens (including phenoxy) is 2. The van der Waals surface area contributed by atoms with Crippen LogP contribution in [0.25, 0.3) is 0 Å². The molecule has 5 N–H and O–H groups in total. The normalized spacial score (nSPS) is 39.2. The average Bonchev–Trinajstić information content (AvgIpc) is 2.51. The zero-order valence-corrected chi connectivity index (χ0v) is 14.5. The molecular weight excluding hydrogens is 332 g/mol. The first-order valence-electron chi connectivity index (χ1n) is 8.05. The van der Waals surface area contributed by atoms with E-state index in [1.54, 1.807) is 0 Å².